The minimum Gasteiger partial charge on any atom is -0.245 e. The van der Waals surface area contributed by atoms with Crippen molar-refractivity contribution in [3.8, 4) is 0 Å². The monoisotopic (exact) mass is 205 g/mol. The lowest BCUT2D eigenvalue weighted by molar-refractivity contribution is 0.598. The molecule has 0 bridgehead atoms. The lowest BCUT2D eigenvalue weighted by atomic mass is 10.3. The van der Waals surface area contributed by atoms with Crippen molar-refractivity contribution in [3.05, 3.63) is 23.9 Å². The smallest absolute Gasteiger partial charge is 0.192 e. The van der Waals surface area contributed by atoms with Crippen molar-refractivity contribution in [3.63, 3.8) is 0 Å². The third-order valence-electron chi connectivity index (χ3n) is 1.33. The number of sulfone groups is 1. The topological polar surface area (TPSA) is 47.0 Å². The summed E-state index contributed by atoms with van der Waals surface area (Å²) in [5, 5.41) is 0.0700. The van der Waals surface area contributed by atoms with E-state index in [1.807, 2.05) is 0 Å². The van der Waals surface area contributed by atoms with Crippen LogP contribution in [0.15, 0.2) is 23.4 Å². The van der Waals surface area contributed by atoms with E-state index in [2.05, 4.69) is 4.98 Å². The number of alkyl halides is 1. The van der Waals surface area contributed by atoms with E-state index in [0.29, 0.717) is 5.88 Å². The highest BCUT2D eigenvalue weighted by Crippen LogP contribution is 2.09. The van der Waals surface area contributed by atoms with Crippen LogP contribution in [0.25, 0.3) is 0 Å². The summed E-state index contributed by atoms with van der Waals surface area (Å²) in [5.74, 6) is 0.297. The first-order valence-corrected chi connectivity index (χ1v) is 5.67. The highest BCUT2D eigenvalue weighted by atomic mass is 35.5. The van der Waals surface area contributed by atoms with E-state index < -0.39 is 9.84 Å². The normalized spacial score (nSPS) is 11.5. The zero-order chi connectivity index (χ0) is 9.19. The van der Waals surface area contributed by atoms with Crippen LogP contribution in [-0.4, -0.2) is 19.7 Å². The Morgan fingerprint density at radius 1 is 1.58 bits per heavy atom. The zero-order valence-electron chi connectivity index (χ0n) is 6.49. The van der Waals surface area contributed by atoms with Crippen LogP contribution in [0, 0.1) is 0 Å². The van der Waals surface area contributed by atoms with Gasteiger partial charge in [0.15, 0.2) is 14.9 Å². The molecule has 0 radical (unpaired) electrons. The van der Waals surface area contributed by atoms with Crippen LogP contribution in [-0.2, 0) is 15.7 Å². The first-order chi connectivity index (χ1) is 5.54. The number of rotatable bonds is 2. The van der Waals surface area contributed by atoms with Gasteiger partial charge in [-0.1, -0.05) is 0 Å². The fourth-order valence-corrected chi connectivity index (χ4v) is 1.52. The Balaban J connectivity index is 3.20. The Kier molecular flexibility index (Phi) is 2.69. The van der Waals surface area contributed by atoms with E-state index in [9.17, 15) is 8.42 Å². The molecule has 5 heteroatoms. The Hall–Kier alpha value is -0.610. The molecule has 0 aliphatic heterocycles. The summed E-state index contributed by atoms with van der Waals surface area (Å²) in [5.41, 5.74) is 0.757. The van der Waals surface area contributed by atoms with Gasteiger partial charge in [-0.05, 0) is 17.7 Å². The van der Waals surface area contributed by atoms with Gasteiger partial charge in [-0.25, -0.2) is 13.4 Å². The summed E-state index contributed by atoms with van der Waals surface area (Å²) in [7, 11) is -3.21. The van der Waals surface area contributed by atoms with Gasteiger partial charge in [-0.2, -0.15) is 0 Å². The number of nitrogens with zero attached hydrogens (tertiary/aromatic N) is 1. The first-order valence-electron chi connectivity index (χ1n) is 3.25. The molecule has 0 N–H and O–H groups in total. The van der Waals surface area contributed by atoms with Crippen molar-refractivity contribution in [2.24, 2.45) is 0 Å². The van der Waals surface area contributed by atoms with Crippen LogP contribution in [0.5, 0.6) is 0 Å². The lowest BCUT2D eigenvalue weighted by Crippen LogP contribution is -2.00. The number of hydrogen-bond donors (Lipinski definition) is 0. The molecular formula is C7H8ClNO2S. The number of aromatic nitrogens is 1. The number of hydrogen-bond acceptors (Lipinski definition) is 3. The van der Waals surface area contributed by atoms with Gasteiger partial charge in [-0.15, -0.1) is 11.6 Å². The molecule has 3 nitrogen and oxygen atoms in total. The number of pyridine rings is 1. The maximum atomic E-state index is 11.0. The molecule has 0 spiro atoms. The van der Waals surface area contributed by atoms with Crippen molar-refractivity contribution in [2.45, 2.75) is 10.9 Å². The van der Waals surface area contributed by atoms with Crippen LogP contribution in [0.2, 0.25) is 0 Å². The minimum atomic E-state index is -3.21. The van der Waals surface area contributed by atoms with Gasteiger partial charge in [0.1, 0.15) is 0 Å². The van der Waals surface area contributed by atoms with Gasteiger partial charge >= 0.3 is 0 Å². The van der Waals surface area contributed by atoms with Gasteiger partial charge in [0.2, 0.25) is 0 Å². The molecule has 0 aliphatic rings. The van der Waals surface area contributed by atoms with E-state index in [1.165, 1.54) is 12.3 Å². The zero-order valence-corrected chi connectivity index (χ0v) is 8.06. The molecule has 12 heavy (non-hydrogen) atoms. The molecule has 0 saturated heterocycles. The molecule has 0 aliphatic carbocycles. The third-order valence-corrected chi connectivity index (χ3v) is 2.63. The number of halogens is 1. The van der Waals surface area contributed by atoms with Crippen LogP contribution < -0.4 is 0 Å². The molecule has 1 aromatic rings. The average Bonchev–Trinajstić information content (AvgIpc) is 2.03. The van der Waals surface area contributed by atoms with Crippen LogP contribution in [0.1, 0.15) is 5.56 Å². The summed E-state index contributed by atoms with van der Waals surface area (Å²) in [6.07, 6.45) is 2.56. The Morgan fingerprint density at radius 2 is 2.25 bits per heavy atom. The molecule has 0 amide bonds. The third kappa shape index (κ3) is 2.19. The minimum absolute atomic E-state index is 0.0700. The summed E-state index contributed by atoms with van der Waals surface area (Å²) >= 11 is 5.53. The predicted molar refractivity (Wildman–Crippen MR) is 46.9 cm³/mol. The van der Waals surface area contributed by atoms with Crippen LogP contribution in [0.4, 0.5) is 0 Å². The molecule has 0 aromatic carbocycles. The van der Waals surface area contributed by atoms with Gasteiger partial charge in [0.05, 0.1) is 0 Å². The molecule has 1 rings (SSSR count). The standard InChI is InChI=1S/C7H8ClNO2S/c1-12(10,11)7-4-6(5-8)2-3-9-7/h2-4H,5H2,1H3. The molecule has 1 aromatic heterocycles. The van der Waals surface area contributed by atoms with E-state index in [4.69, 9.17) is 11.6 Å². The predicted octanol–water partition coefficient (Wildman–Crippen LogP) is 1.22. The molecule has 0 saturated carbocycles. The maximum absolute atomic E-state index is 11.0. The van der Waals surface area contributed by atoms with Crippen LogP contribution in [0.3, 0.4) is 0 Å². The second kappa shape index (κ2) is 3.41. The van der Waals surface area contributed by atoms with E-state index in [1.54, 1.807) is 6.07 Å². The first kappa shape index (κ1) is 9.48. The van der Waals surface area contributed by atoms with Gasteiger partial charge in [-0.3, -0.25) is 0 Å². The largest absolute Gasteiger partial charge is 0.245 e. The highest BCUT2D eigenvalue weighted by molar-refractivity contribution is 7.90. The van der Waals surface area contributed by atoms with Crippen molar-refractivity contribution in [2.75, 3.05) is 6.26 Å². The van der Waals surface area contributed by atoms with E-state index in [0.717, 1.165) is 11.8 Å². The van der Waals surface area contributed by atoms with E-state index in [-0.39, 0.29) is 5.03 Å². The van der Waals surface area contributed by atoms with Gasteiger partial charge in [0.25, 0.3) is 0 Å². The maximum Gasteiger partial charge on any atom is 0.192 e. The SMILES string of the molecule is CS(=O)(=O)c1cc(CCl)ccn1. The van der Waals surface area contributed by atoms with Crippen molar-refractivity contribution >= 4 is 21.4 Å². The summed E-state index contributed by atoms with van der Waals surface area (Å²) in [4.78, 5) is 3.71. The fourth-order valence-electron chi connectivity index (χ4n) is 0.736. The Labute approximate surface area is 76.3 Å². The van der Waals surface area contributed by atoms with Crippen molar-refractivity contribution < 1.29 is 8.42 Å². The highest BCUT2D eigenvalue weighted by Gasteiger charge is 2.08. The molecule has 66 valence electrons. The fraction of sp³-hybridized carbons (Fsp3) is 0.286. The second-order valence-corrected chi connectivity index (χ2v) is 4.64. The van der Waals surface area contributed by atoms with Crippen LogP contribution >= 0.6 is 11.6 Å². The quantitative estimate of drug-likeness (QED) is 0.683. The Morgan fingerprint density at radius 3 is 2.75 bits per heavy atom. The molecule has 0 atom stereocenters. The van der Waals surface area contributed by atoms with Crippen molar-refractivity contribution in [1.82, 2.24) is 4.98 Å². The summed E-state index contributed by atoms with van der Waals surface area (Å²) < 4.78 is 22.0. The van der Waals surface area contributed by atoms with Gasteiger partial charge < -0.3 is 0 Å². The van der Waals surface area contributed by atoms with Gasteiger partial charge in [0, 0.05) is 18.3 Å². The average molecular weight is 206 g/mol. The molecule has 1 heterocycles. The molecule has 0 fully saturated rings. The van der Waals surface area contributed by atoms with Crippen molar-refractivity contribution in [1.29, 1.82) is 0 Å². The molecular weight excluding hydrogens is 198 g/mol. The Bertz CT molecular complexity index is 375. The molecule has 0 unspecified atom stereocenters. The van der Waals surface area contributed by atoms with E-state index >= 15 is 0 Å². The summed E-state index contributed by atoms with van der Waals surface area (Å²) in [6.45, 7) is 0. The lowest BCUT2D eigenvalue weighted by Gasteiger charge is -1.98. The summed E-state index contributed by atoms with van der Waals surface area (Å²) in [6, 6.07) is 3.16. The second-order valence-electron chi connectivity index (χ2n) is 2.41.